The van der Waals surface area contributed by atoms with Crippen molar-refractivity contribution in [2.45, 2.75) is 13.5 Å². The predicted molar refractivity (Wildman–Crippen MR) is 96.5 cm³/mol. The fraction of sp³-hybridized carbons (Fsp3) is 0.105. The molecule has 0 spiro atoms. The Balaban J connectivity index is 1.63. The number of aromatic nitrogens is 2. The molecule has 0 saturated heterocycles. The lowest BCUT2D eigenvalue weighted by Gasteiger charge is -2.05. The zero-order valence-corrected chi connectivity index (χ0v) is 13.8. The summed E-state index contributed by atoms with van der Waals surface area (Å²) in [6.07, 6.45) is 3.33. The highest BCUT2D eigenvalue weighted by molar-refractivity contribution is 6.02. The highest BCUT2D eigenvalue weighted by atomic mass is 16.2. The quantitative estimate of drug-likeness (QED) is 0.752. The molecule has 3 rings (SSSR count). The van der Waals surface area contributed by atoms with E-state index in [4.69, 9.17) is 0 Å². The number of amides is 2. The number of carbonyl (C=O) groups excluding carboxylic acids is 2. The number of hydrogen-bond donors (Lipinski definition) is 2. The van der Waals surface area contributed by atoms with Gasteiger partial charge >= 0.3 is 0 Å². The van der Waals surface area contributed by atoms with Crippen LogP contribution in [-0.4, -0.2) is 21.4 Å². The van der Waals surface area contributed by atoms with Crippen molar-refractivity contribution in [3.8, 4) is 0 Å². The lowest BCUT2D eigenvalue weighted by atomic mass is 10.2. The Hall–Kier alpha value is -3.41. The summed E-state index contributed by atoms with van der Waals surface area (Å²) in [6, 6.07) is 16.8. The molecule has 0 saturated carbocycles. The third-order valence-electron chi connectivity index (χ3n) is 3.54. The Morgan fingerprint density at radius 2 is 1.64 bits per heavy atom. The molecule has 0 aliphatic rings. The molecule has 0 fully saturated rings. The third-order valence-corrected chi connectivity index (χ3v) is 3.54. The van der Waals surface area contributed by atoms with Gasteiger partial charge in [0.05, 0.1) is 6.33 Å². The van der Waals surface area contributed by atoms with E-state index in [1.165, 1.54) is 6.92 Å². The van der Waals surface area contributed by atoms with Gasteiger partial charge in [-0.15, -0.1) is 0 Å². The van der Waals surface area contributed by atoms with Crippen LogP contribution in [0.3, 0.4) is 0 Å². The summed E-state index contributed by atoms with van der Waals surface area (Å²) < 4.78 is 1.84. The molecule has 0 bridgehead atoms. The summed E-state index contributed by atoms with van der Waals surface area (Å²) in [4.78, 5) is 27.4. The number of benzene rings is 2. The second-order valence-electron chi connectivity index (χ2n) is 5.63. The number of imidazole rings is 1. The van der Waals surface area contributed by atoms with E-state index < -0.39 is 0 Å². The van der Waals surface area contributed by atoms with Crippen LogP contribution in [0.25, 0.3) is 0 Å². The van der Waals surface area contributed by atoms with Gasteiger partial charge in [-0.05, 0) is 29.8 Å². The van der Waals surface area contributed by atoms with Gasteiger partial charge in [-0.1, -0.05) is 30.3 Å². The van der Waals surface area contributed by atoms with Crippen LogP contribution in [0.5, 0.6) is 0 Å². The van der Waals surface area contributed by atoms with Gasteiger partial charge in [0.25, 0.3) is 5.91 Å². The van der Waals surface area contributed by atoms with Gasteiger partial charge in [0.1, 0.15) is 5.69 Å². The van der Waals surface area contributed by atoms with E-state index in [9.17, 15) is 9.59 Å². The van der Waals surface area contributed by atoms with Gasteiger partial charge in [-0.3, -0.25) is 9.59 Å². The molecule has 6 nitrogen and oxygen atoms in total. The molecule has 0 radical (unpaired) electrons. The maximum absolute atomic E-state index is 12.2. The number of rotatable bonds is 5. The first-order chi connectivity index (χ1) is 12.1. The van der Waals surface area contributed by atoms with Crippen molar-refractivity contribution in [3.63, 3.8) is 0 Å². The van der Waals surface area contributed by atoms with Gasteiger partial charge in [-0.2, -0.15) is 0 Å². The van der Waals surface area contributed by atoms with E-state index in [1.807, 2.05) is 59.2 Å². The maximum Gasteiger partial charge on any atom is 0.275 e. The van der Waals surface area contributed by atoms with Crippen LogP contribution in [0.2, 0.25) is 0 Å². The molecule has 2 amide bonds. The lowest BCUT2D eigenvalue weighted by Crippen LogP contribution is -2.12. The van der Waals surface area contributed by atoms with Crippen molar-refractivity contribution in [1.29, 1.82) is 0 Å². The van der Waals surface area contributed by atoms with Crippen molar-refractivity contribution in [2.24, 2.45) is 0 Å². The Morgan fingerprint density at radius 3 is 2.32 bits per heavy atom. The van der Waals surface area contributed by atoms with Crippen molar-refractivity contribution < 1.29 is 9.59 Å². The second-order valence-corrected chi connectivity index (χ2v) is 5.63. The fourth-order valence-corrected chi connectivity index (χ4v) is 2.39. The minimum Gasteiger partial charge on any atom is -0.332 e. The standard InChI is InChI=1S/C19H18N4O2/c1-14(24)21-17-9-7-15(8-10-17)11-23-12-18(20-13-23)19(25)22-16-5-3-2-4-6-16/h2-10,12-13H,11H2,1H3,(H,21,24)(H,22,25). The minimum absolute atomic E-state index is 0.101. The van der Waals surface area contributed by atoms with Gasteiger partial charge in [-0.25, -0.2) is 4.98 Å². The highest BCUT2D eigenvalue weighted by Gasteiger charge is 2.09. The predicted octanol–water partition coefficient (Wildman–Crippen LogP) is 3.14. The molecule has 6 heteroatoms. The topological polar surface area (TPSA) is 76.0 Å². The zero-order chi connectivity index (χ0) is 17.6. The molecule has 0 unspecified atom stereocenters. The number of hydrogen-bond acceptors (Lipinski definition) is 3. The molecule has 2 N–H and O–H groups in total. The molecule has 0 aliphatic carbocycles. The van der Waals surface area contributed by atoms with Crippen molar-refractivity contribution in [1.82, 2.24) is 9.55 Å². The summed E-state index contributed by atoms with van der Waals surface area (Å²) in [5.41, 5.74) is 2.89. The summed E-state index contributed by atoms with van der Waals surface area (Å²) in [6.45, 7) is 2.06. The van der Waals surface area contributed by atoms with Gasteiger partial charge in [0.15, 0.2) is 0 Å². The molecule has 1 heterocycles. The van der Waals surface area contributed by atoms with Crippen LogP contribution >= 0.6 is 0 Å². The van der Waals surface area contributed by atoms with E-state index in [-0.39, 0.29) is 11.8 Å². The highest BCUT2D eigenvalue weighted by Crippen LogP contribution is 2.12. The van der Waals surface area contributed by atoms with E-state index in [0.29, 0.717) is 12.2 Å². The Kier molecular flexibility index (Phi) is 4.89. The summed E-state index contributed by atoms with van der Waals surface area (Å²) in [7, 11) is 0. The van der Waals surface area contributed by atoms with Crippen LogP contribution < -0.4 is 10.6 Å². The Bertz CT molecular complexity index is 870. The monoisotopic (exact) mass is 334 g/mol. The summed E-state index contributed by atoms with van der Waals surface area (Å²) in [5.74, 6) is -0.345. The first-order valence-corrected chi connectivity index (χ1v) is 7.85. The van der Waals surface area contributed by atoms with Crippen LogP contribution in [0.4, 0.5) is 11.4 Å². The molecular formula is C19H18N4O2. The average Bonchev–Trinajstić information content (AvgIpc) is 3.06. The smallest absolute Gasteiger partial charge is 0.275 e. The molecule has 126 valence electrons. The summed E-state index contributed by atoms with van der Waals surface area (Å²) >= 11 is 0. The SMILES string of the molecule is CC(=O)Nc1ccc(Cn2cnc(C(=O)Nc3ccccc3)c2)cc1. The lowest BCUT2D eigenvalue weighted by molar-refractivity contribution is -0.114. The molecule has 1 aromatic heterocycles. The minimum atomic E-state index is -0.244. The molecule has 0 aliphatic heterocycles. The van der Waals surface area contributed by atoms with Crippen molar-refractivity contribution in [3.05, 3.63) is 78.4 Å². The van der Waals surface area contributed by atoms with E-state index >= 15 is 0 Å². The maximum atomic E-state index is 12.2. The van der Waals surface area contributed by atoms with E-state index in [0.717, 1.165) is 16.9 Å². The molecule has 3 aromatic rings. The first-order valence-electron chi connectivity index (χ1n) is 7.85. The molecular weight excluding hydrogens is 316 g/mol. The zero-order valence-electron chi connectivity index (χ0n) is 13.8. The normalized spacial score (nSPS) is 10.3. The van der Waals surface area contributed by atoms with Gasteiger partial charge < -0.3 is 15.2 Å². The number of anilines is 2. The first kappa shape index (κ1) is 16.4. The van der Waals surface area contributed by atoms with Gasteiger partial charge in [0.2, 0.25) is 5.91 Å². The third kappa shape index (κ3) is 4.54. The number of nitrogens with one attached hydrogen (secondary N) is 2. The average molecular weight is 334 g/mol. The summed E-state index contributed by atoms with van der Waals surface area (Å²) in [5, 5.41) is 5.53. The second kappa shape index (κ2) is 7.44. The number of para-hydroxylation sites is 1. The molecule has 2 aromatic carbocycles. The Morgan fingerprint density at radius 1 is 0.960 bits per heavy atom. The van der Waals surface area contributed by atoms with Crippen molar-refractivity contribution >= 4 is 23.2 Å². The van der Waals surface area contributed by atoms with Crippen LogP contribution in [-0.2, 0) is 11.3 Å². The van der Waals surface area contributed by atoms with Gasteiger partial charge in [0, 0.05) is 31.0 Å². The van der Waals surface area contributed by atoms with E-state index in [1.54, 1.807) is 12.5 Å². The number of nitrogens with zero attached hydrogens (tertiary/aromatic N) is 2. The Labute approximate surface area is 145 Å². The van der Waals surface area contributed by atoms with Crippen LogP contribution in [0.15, 0.2) is 67.1 Å². The van der Waals surface area contributed by atoms with Crippen molar-refractivity contribution in [2.75, 3.05) is 10.6 Å². The van der Waals surface area contributed by atoms with E-state index in [2.05, 4.69) is 15.6 Å². The molecule has 25 heavy (non-hydrogen) atoms. The van der Waals surface area contributed by atoms with Crippen LogP contribution in [0, 0.1) is 0 Å². The number of carbonyl (C=O) groups is 2. The molecule has 0 atom stereocenters. The largest absolute Gasteiger partial charge is 0.332 e. The fourth-order valence-electron chi connectivity index (χ4n) is 2.39. The van der Waals surface area contributed by atoms with Crippen LogP contribution in [0.1, 0.15) is 23.0 Å².